The Kier molecular flexibility index (Phi) is 2.83. The summed E-state index contributed by atoms with van der Waals surface area (Å²) in [7, 11) is 2.11. The van der Waals surface area contributed by atoms with Gasteiger partial charge in [-0.05, 0) is 12.8 Å². The Morgan fingerprint density at radius 1 is 1.53 bits per heavy atom. The molecular weight excluding hydrogens is 186 g/mol. The van der Waals surface area contributed by atoms with Gasteiger partial charge in [0.15, 0.2) is 0 Å². The molecule has 1 aromatic rings. The molecule has 0 saturated carbocycles. The molecule has 0 amide bonds. The molecule has 0 saturated heterocycles. The van der Waals surface area contributed by atoms with Crippen LogP contribution >= 0.6 is 0 Å². The van der Waals surface area contributed by atoms with Crippen molar-refractivity contribution in [3.05, 3.63) is 17.7 Å². The van der Waals surface area contributed by atoms with Crippen LogP contribution in [0.5, 0.6) is 0 Å². The van der Waals surface area contributed by atoms with Gasteiger partial charge in [-0.3, -0.25) is 0 Å². The van der Waals surface area contributed by atoms with Gasteiger partial charge >= 0.3 is 0 Å². The van der Waals surface area contributed by atoms with Gasteiger partial charge < -0.3 is 9.88 Å². The summed E-state index contributed by atoms with van der Waals surface area (Å²) in [5, 5.41) is 3.71. The van der Waals surface area contributed by atoms with E-state index in [1.165, 1.54) is 24.2 Å². The number of nitrogens with zero attached hydrogens (tertiary/aromatic N) is 2. The lowest BCUT2D eigenvalue weighted by Gasteiger charge is -2.38. The number of aromatic nitrogens is 2. The summed E-state index contributed by atoms with van der Waals surface area (Å²) in [6.45, 7) is 5.59. The fraction of sp³-hybridized carbons (Fsp3) is 0.750. The Morgan fingerprint density at radius 3 is 3.00 bits per heavy atom. The Bertz CT molecular complexity index is 343. The van der Waals surface area contributed by atoms with Gasteiger partial charge in [0.05, 0.1) is 23.3 Å². The number of hydrogen-bond donors (Lipinski definition) is 1. The van der Waals surface area contributed by atoms with E-state index in [0.29, 0.717) is 0 Å². The van der Waals surface area contributed by atoms with Gasteiger partial charge in [-0.25, -0.2) is 4.98 Å². The van der Waals surface area contributed by atoms with E-state index in [9.17, 15) is 0 Å². The van der Waals surface area contributed by atoms with E-state index in [-0.39, 0.29) is 5.54 Å². The minimum atomic E-state index is 0.174. The van der Waals surface area contributed by atoms with Crippen molar-refractivity contribution in [2.45, 2.75) is 45.1 Å². The van der Waals surface area contributed by atoms with Crippen molar-refractivity contribution in [3.63, 3.8) is 0 Å². The summed E-state index contributed by atoms with van der Waals surface area (Å²) < 4.78 is 2.20. The molecule has 0 aromatic carbocycles. The third kappa shape index (κ3) is 1.59. The van der Waals surface area contributed by atoms with Gasteiger partial charge in [0.25, 0.3) is 0 Å². The first-order valence-corrected chi connectivity index (χ1v) is 5.99. The van der Waals surface area contributed by atoms with Crippen LogP contribution < -0.4 is 5.32 Å². The molecule has 0 radical (unpaired) electrons. The Hall–Kier alpha value is -0.830. The van der Waals surface area contributed by atoms with Crippen LogP contribution in [0.1, 0.15) is 44.5 Å². The van der Waals surface area contributed by atoms with E-state index in [4.69, 9.17) is 0 Å². The first-order valence-electron chi connectivity index (χ1n) is 5.99. The second kappa shape index (κ2) is 3.97. The fourth-order valence-corrected chi connectivity index (χ4v) is 2.88. The van der Waals surface area contributed by atoms with Crippen LogP contribution in [-0.2, 0) is 19.0 Å². The quantitative estimate of drug-likeness (QED) is 0.821. The lowest BCUT2D eigenvalue weighted by atomic mass is 9.83. The predicted molar refractivity (Wildman–Crippen MR) is 61.8 cm³/mol. The van der Waals surface area contributed by atoms with Crippen LogP contribution in [0, 0.1) is 0 Å². The zero-order valence-electron chi connectivity index (χ0n) is 10.0. The van der Waals surface area contributed by atoms with E-state index >= 15 is 0 Å². The van der Waals surface area contributed by atoms with Crippen molar-refractivity contribution >= 4 is 0 Å². The maximum Gasteiger partial charge on any atom is 0.0949 e. The van der Waals surface area contributed by atoms with Crippen LogP contribution in [0.25, 0.3) is 0 Å². The number of hydrogen-bond acceptors (Lipinski definition) is 2. The highest BCUT2D eigenvalue weighted by Crippen LogP contribution is 2.34. The van der Waals surface area contributed by atoms with E-state index in [1.54, 1.807) is 0 Å². The van der Waals surface area contributed by atoms with Gasteiger partial charge in [-0.1, -0.05) is 20.3 Å². The Morgan fingerprint density at radius 2 is 2.33 bits per heavy atom. The molecule has 0 spiro atoms. The second-order valence-electron chi connectivity index (χ2n) is 4.51. The standard InChI is InChI=1S/C12H21N3/c1-4-7-12(5-2)11-10(6-8-14-12)13-9-15(11)3/h9,14H,4-8H2,1-3H3. The normalized spacial score (nSPS) is 25.3. The molecule has 3 nitrogen and oxygen atoms in total. The maximum atomic E-state index is 4.50. The summed E-state index contributed by atoms with van der Waals surface area (Å²) in [5.41, 5.74) is 2.89. The fourth-order valence-electron chi connectivity index (χ4n) is 2.88. The zero-order chi connectivity index (χ0) is 10.9. The highest BCUT2D eigenvalue weighted by molar-refractivity contribution is 5.26. The molecule has 1 aliphatic rings. The van der Waals surface area contributed by atoms with Crippen molar-refractivity contribution in [3.8, 4) is 0 Å². The number of imidazole rings is 1. The smallest absolute Gasteiger partial charge is 0.0949 e. The van der Waals surface area contributed by atoms with Gasteiger partial charge in [0.2, 0.25) is 0 Å². The molecule has 1 aromatic heterocycles. The first kappa shape index (κ1) is 10.7. The predicted octanol–water partition coefficient (Wildman–Crippen LogP) is 1.97. The maximum absolute atomic E-state index is 4.50. The van der Waals surface area contributed by atoms with Crippen LogP contribution in [0.2, 0.25) is 0 Å². The molecule has 15 heavy (non-hydrogen) atoms. The largest absolute Gasteiger partial charge is 0.336 e. The van der Waals surface area contributed by atoms with Crippen molar-refractivity contribution < 1.29 is 0 Å². The van der Waals surface area contributed by atoms with Crippen molar-refractivity contribution in [1.29, 1.82) is 0 Å². The van der Waals surface area contributed by atoms with Crippen LogP contribution in [0.3, 0.4) is 0 Å². The second-order valence-corrected chi connectivity index (χ2v) is 4.51. The monoisotopic (exact) mass is 207 g/mol. The highest BCUT2D eigenvalue weighted by Gasteiger charge is 2.36. The molecule has 1 unspecified atom stereocenters. The first-order chi connectivity index (χ1) is 7.23. The summed E-state index contributed by atoms with van der Waals surface area (Å²) >= 11 is 0. The number of nitrogens with one attached hydrogen (secondary N) is 1. The summed E-state index contributed by atoms with van der Waals surface area (Å²) in [6, 6.07) is 0. The van der Waals surface area contributed by atoms with E-state index in [2.05, 4.69) is 35.8 Å². The number of aryl methyl sites for hydroxylation is 1. The van der Waals surface area contributed by atoms with Gasteiger partial charge in [0, 0.05) is 20.0 Å². The van der Waals surface area contributed by atoms with Gasteiger partial charge in [-0.2, -0.15) is 0 Å². The Labute approximate surface area is 91.9 Å². The third-order valence-electron chi connectivity index (χ3n) is 3.57. The van der Waals surface area contributed by atoms with Crippen molar-refractivity contribution in [1.82, 2.24) is 14.9 Å². The topological polar surface area (TPSA) is 29.9 Å². The molecule has 2 rings (SSSR count). The van der Waals surface area contributed by atoms with Crippen LogP contribution in [0.4, 0.5) is 0 Å². The van der Waals surface area contributed by atoms with Gasteiger partial charge in [-0.15, -0.1) is 0 Å². The molecule has 3 heteroatoms. The SMILES string of the molecule is CCCC1(CC)NCCc2ncn(C)c21. The summed E-state index contributed by atoms with van der Waals surface area (Å²) in [5.74, 6) is 0. The zero-order valence-corrected chi connectivity index (χ0v) is 10.0. The van der Waals surface area contributed by atoms with Crippen LogP contribution in [0.15, 0.2) is 6.33 Å². The van der Waals surface area contributed by atoms with Gasteiger partial charge in [0.1, 0.15) is 0 Å². The molecule has 1 aliphatic heterocycles. The van der Waals surface area contributed by atoms with E-state index in [0.717, 1.165) is 19.4 Å². The van der Waals surface area contributed by atoms with Crippen molar-refractivity contribution in [2.75, 3.05) is 6.54 Å². The van der Waals surface area contributed by atoms with E-state index in [1.807, 2.05) is 6.33 Å². The van der Waals surface area contributed by atoms with Crippen LogP contribution in [-0.4, -0.2) is 16.1 Å². The molecule has 2 heterocycles. The number of rotatable bonds is 3. The van der Waals surface area contributed by atoms with Crippen molar-refractivity contribution in [2.24, 2.45) is 7.05 Å². The molecule has 0 aliphatic carbocycles. The minimum Gasteiger partial charge on any atom is -0.336 e. The average Bonchev–Trinajstić information content (AvgIpc) is 2.62. The molecular formula is C12H21N3. The third-order valence-corrected chi connectivity index (χ3v) is 3.57. The highest BCUT2D eigenvalue weighted by atomic mass is 15.1. The summed E-state index contributed by atoms with van der Waals surface area (Å²) in [4.78, 5) is 4.50. The lowest BCUT2D eigenvalue weighted by Crippen LogP contribution is -2.48. The average molecular weight is 207 g/mol. The molecule has 1 N–H and O–H groups in total. The van der Waals surface area contributed by atoms with E-state index < -0.39 is 0 Å². The molecule has 84 valence electrons. The minimum absolute atomic E-state index is 0.174. The Balaban J connectivity index is 2.45. The molecule has 0 fully saturated rings. The summed E-state index contributed by atoms with van der Waals surface area (Å²) in [6.07, 6.45) is 6.59. The molecule has 1 atom stereocenters. The molecule has 0 bridgehead atoms. The number of fused-ring (bicyclic) bond motifs is 1. The lowest BCUT2D eigenvalue weighted by molar-refractivity contribution is 0.263.